The number of aliphatic hydroxyl groups excluding tert-OH is 1. The number of nitrogens with one attached hydrogen (secondary N) is 1. The molecule has 0 spiro atoms. The summed E-state index contributed by atoms with van der Waals surface area (Å²) in [6, 6.07) is 11.0. The van der Waals surface area contributed by atoms with Crippen molar-refractivity contribution in [1.29, 1.82) is 0 Å². The van der Waals surface area contributed by atoms with E-state index in [1.54, 1.807) is 6.07 Å². The SMILES string of the molecule is CCCCC(=O)Nc1cccc(-c2ccc(CO)o2)c1. The van der Waals surface area contributed by atoms with Crippen LogP contribution >= 0.6 is 0 Å². The summed E-state index contributed by atoms with van der Waals surface area (Å²) in [5.74, 6) is 1.23. The third kappa shape index (κ3) is 3.71. The topological polar surface area (TPSA) is 62.5 Å². The molecule has 0 aliphatic carbocycles. The Balaban J connectivity index is 2.09. The minimum absolute atomic E-state index is 0.0273. The van der Waals surface area contributed by atoms with Crippen LogP contribution in [0.2, 0.25) is 0 Å². The summed E-state index contributed by atoms with van der Waals surface area (Å²) in [6.07, 6.45) is 2.43. The van der Waals surface area contributed by atoms with E-state index in [-0.39, 0.29) is 12.5 Å². The van der Waals surface area contributed by atoms with Gasteiger partial charge in [0.25, 0.3) is 0 Å². The molecular formula is C16H19NO3. The van der Waals surface area contributed by atoms with Crippen LogP contribution in [-0.2, 0) is 11.4 Å². The van der Waals surface area contributed by atoms with Crippen LogP contribution in [0.15, 0.2) is 40.8 Å². The number of unbranched alkanes of at least 4 members (excludes halogenated alkanes) is 1. The first kappa shape index (κ1) is 14.3. The molecule has 0 aliphatic rings. The number of amides is 1. The maximum absolute atomic E-state index is 11.7. The summed E-state index contributed by atoms with van der Waals surface area (Å²) < 4.78 is 5.48. The first-order valence-electron chi connectivity index (χ1n) is 6.82. The van der Waals surface area contributed by atoms with Crippen molar-refractivity contribution in [3.05, 3.63) is 42.2 Å². The van der Waals surface area contributed by atoms with E-state index in [1.807, 2.05) is 30.3 Å². The second kappa shape index (κ2) is 6.91. The highest BCUT2D eigenvalue weighted by molar-refractivity contribution is 5.91. The van der Waals surface area contributed by atoms with E-state index in [0.717, 1.165) is 24.1 Å². The van der Waals surface area contributed by atoms with Gasteiger partial charge in [-0.3, -0.25) is 4.79 Å². The average molecular weight is 273 g/mol. The second-order valence-corrected chi connectivity index (χ2v) is 4.66. The maximum Gasteiger partial charge on any atom is 0.224 e. The lowest BCUT2D eigenvalue weighted by Gasteiger charge is -2.06. The fourth-order valence-electron chi connectivity index (χ4n) is 1.93. The molecule has 2 aromatic rings. The molecule has 0 fully saturated rings. The Morgan fingerprint density at radius 3 is 2.85 bits per heavy atom. The highest BCUT2D eigenvalue weighted by Crippen LogP contribution is 2.25. The minimum Gasteiger partial charge on any atom is -0.459 e. The molecule has 1 heterocycles. The molecule has 106 valence electrons. The van der Waals surface area contributed by atoms with E-state index < -0.39 is 0 Å². The fraction of sp³-hybridized carbons (Fsp3) is 0.312. The number of carbonyl (C=O) groups excluding carboxylic acids is 1. The van der Waals surface area contributed by atoms with E-state index >= 15 is 0 Å². The number of furan rings is 1. The Morgan fingerprint density at radius 2 is 2.15 bits per heavy atom. The van der Waals surface area contributed by atoms with E-state index in [1.165, 1.54) is 0 Å². The molecule has 0 atom stereocenters. The minimum atomic E-state index is -0.118. The summed E-state index contributed by atoms with van der Waals surface area (Å²) in [6.45, 7) is 1.94. The first-order valence-corrected chi connectivity index (χ1v) is 6.82. The summed E-state index contributed by atoms with van der Waals surface area (Å²) in [5.41, 5.74) is 1.63. The monoisotopic (exact) mass is 273 g/mol. The van der Waals surface area contributed by atoms with E-state index in [0.29, 0.717) is 17.9 Å². The zero-order chi connectivity index (χ0) is 14.4. The highest BCUT2D eigenvalue weighted by Gasteiger charge is 2.06. The van der Waals surface area contributed by atoms with Crippen molar-refractivity contribution < 1.29 is 14.3 Å². The van der Waals surface area contributed by atoms with Crippen LogP contribution < -0.4 is 5.32 Å². The van der Waals surface area contributed by atoms with E-state index in [9.17, 15) is 4.79 Å². The lowest BCUT2D eigenvalue weighted by atomic mass is 10.1. The fourth-order valence-corrected chi connectivity index (χ4v) is 1.93. The lowest BCUT2D eigenvalue weighted by molar-refractivity contribution is -0.116. The van der Waals surface area contributed by atoms with Gasteiger partial charge in [0, 0.05) is 17.7 Å². The molecule has 0 radical (unpaired) electrons. The molecule has 0 saturated carbocycles. The molecule has 0 aliphatic heterocycles. The number of aliphatic hydroxyl groups is 1. The summed E-state index contributed by atoms with van der Waals surface area (Å²) in [5, 5.41) is 11.9. The van der Waals surface area contributed by atoms with Gasteiger partial charge in [-0.2, -0.15) is 0 Å². The van der Waals surface area contributed by atoms with Gasteiger partial charge in [-0.05, 0) is 30.7 Å². The van der Waals surface area contributed by atoms with Crippen LogP contribution in [-0.4, -0.2) is 11.0 Å². The van der Waals surface area contributed by atoms with Crippen LogP contribution in [0, 0.1) is 0 Å². The largest absolute Gasteiger partial charge is 0.459 e. The van der Waals surface area contributed by atoms with Crippen molar-refractivity contribution >= 4 is 11.6 Å². The second-order valence-electron chi connectivity index (χ2n) is 4.66. The predicted molar refractivity (Wildman–Crippen MR) is 78.2 cm³/mol. The Bertz CT molecular complexity index is 575. The maximum atomic E-state index is 11.7. The lowest BCUT2D eigenvalue weighted by Crippen LogP contribution is -2.10. The van der Waals surface area contributed by atoms with Gasteiger partial charge in [0.2, 0.25) is 5.91 Å². The molecule has 0 bridgehead atoms. The molecule has 2 N–H and O–H groups in total. The number of rotatable bonds is 6. The standard InChI is InChI=1S/C16H19NO3/c1-2-3-7-16(19)17-13-6-4-5-12(10-13)15-9-8-14(11-18)20-15/h4-6,8-10,18H,2-3,7,11H2,1H3,(H,17,19). The van der Waals surface area contributed by atoms with Crippen molar-refractivity contribution in [2.75, 3.05) is 5.32 Å². The molecule has 0 unspecified atom stereocenters. The Labute approximate surface area is 118 Å². The summed E-state index contributed by atoms with van der Waals surface area (Å²) in [4.78, 5) is 11.7. The van der Waals surface area contributed by atoms with Crippen molar-refractivity contribution in [3.8, 4) is 11.3 Å². The van der Waals surface area contributed by atoms with Gasteiger partial charge in [0.1, 0.15) is 18.1 Å². The van der Waals surface area contributed by atoms with E-state index in [2.05, 4.69) is 12.2 Å². The zero-order valence-corrected chi connectivity index (χ0v) is 11.6. The van der Waals surface area contributed by atoms with Crippen molar-refractivity contribution in [2.45, 2.75) is 32.8 Å². The normalized spacial score (nSPS) is 10.5. The average Bonchev–Trinajstić information content (AvgIpc) is 2.94. The van der Waals surface area contributed by atoms with Crippen molar-refractivity contribution in [2.24, 2.45) is 0 Å². The molecule has 2 rings (SSSR count). The van der Waals surface area contributed by atoms with E-state index in [4.69, 9.17) is 9.52 Å². The number of carbonyl (C=O) groups is 1. The Hall–Kier alpha value is -2.07. The van der Waals surface area contributed by atoms with Gasteiger partial charge in [-0.15, -0.1) is 0 Å². The quantitative estimate of drug-likeness (QED) is 0.845. The van der Waals surface area contributed by atoms with Gasteiger partial charge in [-0.25, -0.2) is 0 Å². The van der Waals surface area contributed by atoms with Crippen LogP contribution in [0.25, 0.3) is 11.3 Å². The molecule has 20 heavy (non-hydrogen) atoms. The smallest absolute Gasteiger partial charge is 0.224 e. The van der Waals surface area contributed by atoms with Gasteiger partial charge in [-0.1, -0.05) is 25.5 Å². The van der Waals surface area contributed by atoms with Gasteiger partial charge in [0.05, 0.1) is 0 Å². The van der Waals surface area contributed by atoms with Gasteiger partial charge in [0.15, 0.2) is 0 Å². The number of benzene rings is 1. The summed E-state index contributed by atoms with van der Waals surface area (Å²) >= 11 is 0. The zero-order valence-electron chi connectivity index (χ0n) is 11.6. The summed E-state index contributed by atoms with van der Waals surface area (Å²) in [7, 11) is 0. The first-order chi connectivity index (χ1) is 9.72. The van der Waals surface area contributed by atoms with Gasteiger partial charge >= 0.3 is 0 Å². The third-order valence-corrected chi connectivity index (χ3v) is 3.01. The van der Waals surface area contributed by atoms with Crippen LogP contribution in [0.5, 0.6) is 0 Å². The Kier molecular flexibility index (Phi) is 4.96. The van der Waals surface area contributed by atoms with Crippen LogP contribution in [0.1, 0.15) is 31.9 Å². The molecular weight excluding hydrogens is 254 g/mol. The third-order valence-electron chi connectivity index (χ3n) is 3.01. The molecule has 4 nitrogen and oxygen atoms in total. The number of anilines is 1. The molecule has 0 saturated heterocycles. The highest BCUT2D eigenvalue weighted by atomic mass is 16.4. The number of hydrogen-bond acceptors (Lipinski definition) is 3. The predicted octanol–water partition coefficient (Wildman–Crippen LogP) is 3.57. The molecule has 1 aromatic carbocycles. The number of hydrogen-bond donors (Lipinski definition) is 2. The van der Waals surface area contributed by atoms with Crippen molar-refractivity contribution in [1.82, 2.24) is 0 Å². The van der Waals surface area contributed by atoms with Crippen molar-refractivity contribution in [3.63, 3.8) is 0 Å². The van der Waals surface area contributed by atoms with Gasteiger partial charge < -0.3 is 14.8 Å². The molecule has 4 heteroatoms. The molecule has 1 amide bonds. The van der Waals surface area contributed by atoms with Crippen LogP contribution in [0.3, 0.4) is 0 Å². The van der Waals surface area contributed by atoms with Crippen LogP contribution in [0.4, 0.5) is 5.69 Å². The molecule has 1 aromatic heterocycles. The Morgan fingerprint density at radius 1 is 1.30 bits per heavy atom.